The molecule has 112 valence electrons. The van der Waals surface area contributed by atoms with Crippen LogP contribution in [0.1, 0.15) is 46.1 Å². The second kappa shape index (κ2) is 6.82. The topological polar surface area (TPSA) is 15.3 Å². The summed E-state index contributed by atoms with van der Waals surface area (Å²) in [6, 6.07) is 7.22. The number of para-hydroxylation sites is 1. The van der Waals surface area contributed by atoms with Crippen molar-refractivity contribution in [1.82, 2.24) is 5.32 Å². The van der Waals surface area contributed by atoms with Crippen LogP contribution in [0, 0.1) is 5.92 Å². The molecule has 0 aliphatic heterocycles. The van der Waals surface area contributed by atoms with Crippen molar-refractivity contribution < 1.29 is 0 Å². The highest BCUT2D eigenvalue weighted by atomic mass is 35.5. The molecular formula is C17H27ClN2. The maximum absolute atomic E-state index is 6.52. The first-order valence-electron chi connectivity index (χ1n) is 7.76. The third-order valence-corrected chi connectivity index (χ3v) is 4.14. The van der Waals surface area contributed by atoms with Gasteiger partial charge in [-0.05, 0) is 44.2 Å². The first-order valence-corrected chi connectivity index (χ1v) is 8.14. The molecule has 0 heterocycles. The van der Waals surface area contributed by atoms with Crippen LogP contribution in [0.3, 0.4) is 0 Å². The summed E-state index contributed by atoms with van der Waals surface area (Å²) in [5, 5.41) is 4.38. The van der Waals surface area contributed by atoms with Gasteiger partial charge in [-0.25, -0.2) is 0 Å². The number of anilines is 1. The lowest BCUT2D eigenvalue weighted by Crippen LogP contribution is -2.34. The largest absolute Gasteiger partial charge is 0.367 e. The Hall–Kier alpha value is -0.730. The highest BCUT2D eigenvalue weighted by Gasteiger charge is 2.27. The number of hydrogen-bond acceptors (Lipinski definition) is 2. The Labute approximate surface area is 128 Å². The van der Waals surface area contributed by atoms with E-state index in [0.717, 1.165) is 24.0 Å². The van der Waals surface area contributed by atoms with E-state index in [-0.39, 0.29) is 0 Å². The molecule has 1 saturated carbocycles. The fourth-order valence-corrected chi connectivity index (χ4v) is 2.78. The zero-order chi connectivity index (χ0) is 14.7. The molecule has 0 aromatic heterocycles. The van der Waals surface area contributed by atoms with Crippen molar-refractivity contribution >= 4 is 17.3 Å². The average molecular weight is 295 g/mol. The Morgan fingerprint density at radius 3 is 2.50 bits per heavy atom. The maximum Gasteiger partial charge on any atom is 0.0643 e. The highest BCUT2D eigenvalue weighted by molar-refractivity contribution is 6.33. The fourth-order valence-electron chi connectivity index (χ4n) is 2.48. The van der Waals surface area contributed by atoms with Crippen LogP contribution in [0.15, 0.2) is 18.2 Å². The van der Waals surface area contributed by atoms with E-state index in [1.54, 1.807) is 0 Å². The normalized spacial score (nSPS) is 15.2. The first kappa shape index (κ1) is 15.7. The maximum atomic E-state index is 6.52. The van der Waals surface area contributed by atoms with Crippen molar-refractivity contribution in [3.63, 3.8) is 0 Å². The number of nitrogens with zero attached hydrogens (tertiary/aromatic N) is 1. The van der Waals surface area contributed by atoms with Crippen LogP contribution in [0.25, 0.3) is 0 Å². The fraction of sp³-hybridized carbons (Fsp3) is 0.647. The van der Waals surface area contributed by atoms with Gasteiger partial charge in [-0.2, -0.15) is 0 Å². The highest BCUT2D eigenvalue weighted by Crippen LogP contribution is 2.36. The van der Waals surface area contributed by atoms with Gasteiger partial charge in [0.25, 0.3) is 0 Å². The predicted octanol–water partition coefficient (Wildman–Crippen LogP) is 4.46. The second-order valence-corrected chi connectivity index (χ2v) is 6.88. The number of halogens is 1. The molecule has 3 heteroatoms. The molecule has 0 bridgehead atoms. The molecule has 1 fully saturated rings. The van der Waals surface area contributed by atoms with Crippen molar-refractivity contribution in [2.45, 2.75) is 59.2 Å². The molecule has 2 rings (SSSR count). The summed E-state index contributed by atoms with van der Waals surface area (Å²) < 4.78 is 0. The van der Waals surface area contributed by atoms with Gasteiger partial charge in [-0.15, -0.1) is 0 Å². The molecule has 1 aliphatic rings. The molecule has 1 aromatic rings. The molecule has 0 radical (unpaired) electrons. The van der Waals surface area contributed by atoms with Gasteiger partial charge >= 0.3 is 0 Å². The molecule has 0 spiro atoms. The van der Waals surface area contributed by atoms with Crippen LogP contribution in [0.5, 0.6) is 0 Å². The molecule has 0 amide bonds. The average Bonchev–Trinajstić information content (AvgIpc) is 3.18. The quantitative estimate of drug-likeness (QED) is 0.798. The molecule has 0 unspecified atom stereocenters. The molecule has 1 aromatic carbocycles. The van der Waals surface area contributed by atoms with Crippen LogP contribution in [0.2, 0.25) is 5.02 Å². The van der Waals surface area contributed by atoms with Crippen LogP contribution >= 0.6 is 11.6 Å². The lowest BCUT2D eigenvalue weighted by molar-refractivity contribution is 0.583. The van der Waals surface area contributed by atoms with Crippen LogP contribution < -0.4 is 10.2 Å². The van der Waals surface area contributed by atoms with E-state index in [2.05, 4.69) is 50.0 Å². The third-order valence-electron chi connectivity index (χ3n) is 3.83. The van der Waals surface area contributed by atoms with Gasteiger partial charge in [0.05, 0.1) is 10.7 Å². The Kier molecular flexibility index (Phi) is 5.34. The van der Waals surface area contributed by atoms with E-state index in [4.69, 9.17) is 11.6 Å². The number of rotatable bonds is 7. The van der Waals surface area contributed by atoms with Crippen molar-refractivity contribution in [2.24, 2.45) is 5.92 Å². The van der Waals surface area contributed by atoms with Crippen LogP contribution in [-0.4, -0.2) is 18.6 Å². The summed E-state index contributed by atoms with van der Waals surface area (Å²) in [6.07, 6.45) is 2.74. The van der Waals surface area contributed by atoms with Gasteiger partial charge in [0.1, 0.15) is 0 Å². The summed E-state index contributed by atoms with van der Waals surface area (Å²) in [6.45, 7) is 10.9. The molecule has 2 nitrogen and oxygen atoms in total. The van der Waals surface area contributed by atoms with E-state index in [0.29, 0.717) is 12.1 Å². The number of nitrogens with one attached hydrogen (secondary N) is 1. The smallest absolute Gasteiger partial charge is 0.0643 e. The van der Waals surface area contributed by atoms with Gasteiger partial charge in [0.15, 0.2) is 0 Å². The summed E-state index contributed by atoms with van der Waals surface area (Å²) in [7, 11) is 0. The summed E-state index contributed by atoms with van der Waals surface area (Å²) in [4.78, 5) is 2.48. The molecule has 0 atom stereocenters. The molecule has 1 aliphatic carbocycles. The summed E-state index contributed by atoms with van der Waals surface area (Å²) >= 11 is 6.52. The molecule has 0 saturated heterocycles. The van der Waals surface area contributed by atoms with Crippen molar-refractivity contribution in [3.05, 3.63) is 28.8 Å². The van der Waals surface area contributed by atoms with Crippen molar-refractivity contribution in [1.29, 1.82) is 0 Å². The minimum atomic E-state index is 0.480. The minimum absolute atomic E-state index is 0.480. The van der Waals surface area contributed by atoms with Crippen molar-refractivity contribution in [2.75, 3.05) is 11.4 Å². The second-order valence-electron chi connectivity index (χ2n) is 6.47. The third kappa shape index (κ3) is 4.13. The van der Waals surface area contributed by atoms with E-state index in [9.17, 15) is 0 Å². The SMILES string of the molecule is CC(C)NCc1cccc(Cl)c1N(CC1CC1)C(C)C. The predicted molar refractivity (Wildman–Crippen MR) is 88.6 cm³/mol. The Bertz CT molecular complexity index is 439. The lowest BCUT2D eigenvalue weighted by atomic mass is 10.1. The summed E-state index contributed by atoms with van der Waals surface area (Å²) in [5.41, 5.74) is 2.53. The minimum Gasteiger partial charge on any atom is -0.367 e. The standard InChI is InChI=1S/C17H27ClN2/c1-12(2)19-10-15-6-5-7-16(18)17(15)20(13(3)4)11-14-8-9-14/h5-7,12-14,19H,8-11H2,1-4H3. The van der Waals surface area contributed by atoms with Gasteiger partial charge < -0.3 is 10.2 Å². The molecular weight excluding hydrogens is 268 g/mol. The van der Waals surface area contributed by atoms with E-state index in [1.165, 1.54) is 24.1 Å². The van der Waals surface area contributed by atoms with Gasteiger partial charge in [-0.1, -0.05) is 37.6 Å². The Balaban J connectivity index is 2.25. The summed E-state index contributed by atoms with van der Waals surface area (Å²) in [5.74, 6) is 0.861. The van der Waals surface area contributed by atoms with E-state index in [1.807, 2.05) is 6.07 Å². The van der Waals surface area contributed by atoms with Crippen LogP contribution in [0.4, 0.5) is 5.69 Å². The van der Waals surface area contributed by atoms with Crippen molar-refractivity contribution in [3.8, 4) is 0 Å². The van der Waals surface area contributed by atoms with E-state index < -0.39 is 0 Å². The zero-order valence-electron chi connectivity index (χ0n) is 13.1. The molecule has 1 N–H and O–H groups in total. The zero-order valence-corrected chi connectivity index (χ0v) is 13.9. The Morgan fingerprint density at radius 1 is 1.25 bits per heavy atom. The number of benzene rings is 1. The van der Waals surface area contributed by atoms with Gasteiger partial charge in [0, 0.05) is 25.2 Å². The van der Waals surface area contributed by atoms with Gasteiger partial charge in [0.2, 0.25) is 0 Å². The first-order chi connectivity index (χ1) is 9.49. The number of hydrogen-bond donors (Lipinski definition) is 1. The Morgan fingerprint density at radius 2 is 1.95 bits per heavy atom. The monoisotopic (exact) mass is 294 g/mol. The van der Waals surface area contributed by atoms with Crippen LogP contribution in [-0.2, 0) is 6.54 Å². The molecule has 20 heavy (non-hydrogen) atoms. The lowest BCUT2D eigenvalue weighted by Gasteiger charge is -2.32. The van der Waals surface area contributed by atoms with Gasteiger partial charge in [-0.3, -0.25) is 0 Å². The van der Waals surface area contributed by atoms with E-state index >= 15 is 0 Å².